The molecule has 4 nitrogen and oxygen atoms in total. The van der Waals surface area contributed by atoms with Crippen LogP contribution in [0, 0.1) is 12.7 Å². The Morgan fingerprint density at radius 2 is 1.92 bits per heavy atom. The number of carbonyl (C=O) groups excluding carboxylic acids is 2. The number of Topliss-reactive ketones (excluding diaryl/α,β-unsaturated/α-hetero) is 1. The van der Waals surface area contributed by atoms with Crippen molar-refractivity contribution in [1.29, 1.82) is 0 Å². The van der Waals surface area contributed by atoms with Crippen LogP contribution in [-0.2, 0) is 16.0 Å². The average Bonchev–Trinajstić information content (AvgIpc) is 2.89. The number of aryl methyl sites for hydroxylation is 1. The number of aromatic nitrogens is 1. The smallest absolute Gasteiger partial charge is 0.310 e. The van der Waals surface area contributed by atoms with Gasteiger partial charge in [0.05, 0.1) is 6.42 Å². The minimum Gasteiger partial charge on any atom is -0.454 e. The number of H-pyrrole nitrogens is 1. The number of fused-ring (bicyclic) bond motifs is 1. The molecule has 3 aromatic rings. The Balaban J connectivity index is 1.74. The number of para-hydroxylation sites is 1. The van der Waals surface area contributed by atoms with Gasteiger partial charge in [0.15, 0.2) is 6.10 Å². The Morgan fingerprint density at radius 1 is 1.16 bits per heavy atom. The number of rotatable bonds is 5. The quantitative estimate of drug-likeness (QED) is 0.565. The van der Waals surface area contributed by atoms with Crippen LogP contribution in [0.5, 0.6) is 0 Å². The Morgan fingerprint density at radius 3 is 2.68 bits per heavy atom. The zero-order chi connectivity index (χ0) is 18.0. The van der Waals surface area contributed by atoms with E-state index in [2.05, 4.69) is 4.98 Å². The van der Waals surface area contributed by atoms with Crippen molar-refractivity contribution in [3.05, 3.63) is 71.2 Å². The van der Waals surface area contributed by atoms with E-state index in [9.17, 15) is 14.0 Å². The van der Waals surface area contributed by atoms with Crippen LogP contribution in [0.3, 0.4) is 0 Å². The van der Waals surface area contributed by atoms with Crippen molar-refractivity contribution in [3.63, 3.8) is 0 Å². The Kier molecular flexibility index (Phi) is 4.65. The van der Waals surface area contributed by atoms with Crippen LogP contribution in [0.1, 0.15) is 28.5 Å². The standard InChI is InChI=1S/C20H18FNO3/c1-12-19(16-8-3-4-9-17(16)22-12)20(24)13(2)25-18(23)11-14-6-5-7-15(21)10-14/h3-10,13,22H,11H2,1-2H3/t13-/m1/s1. The molecular weight excluding hydrogens is 321 g/mol. The molecule has 0 unspecified atom stereocenters. The highest BCUT2D eigenvalue weighted by molar-refractivity contribution is 6.11. The van der Waals surface area contributed by atoms with Crippen LogP contribution < -0.4 is 0 Å². The molecule has 1 aromatic heterocycles. The van der Waals surface area contributed by atoms with E-state index in [0.29, 0.717) is 11.1 Å². The van der Waals surface area contributed by atoms with E-state index < -0.39 is 17.9 Å². The number of hydrogen-bond donors (Lipinski definition) is 1. The zero-order valence-electron chi connectivity index (χ0n) is 14.0. The maximum atomic E-state index is 13.2. The first-order chi connectivity index (χ1) is 12.0. The van der Waals surface area contributed by atoms with E-state index in [4.69, 9.17) is 4.74 Å². The molecule has 0 saturated heterocycles. The third-order valence-electron chi connectivity index (χ3n) is 4.05. The molecule has 0 amide bonds. The lowest BCUT2D eigenvalue weighted by Crippen LogP contribution is -2.25. The lowest BCUT2D eigenvalue weighted by atomic mass is 10.0. The molecule has 0 aliphatic carbocycles. The van der Waals surface area contributed by atoms with Crippen molar-refractivity contribution in [2.45, 2.75) is 26.4 Å². The molecule has 1 N–H and O–H groups in total. The van der Waals surface area contributed by atoms with Gasteiger partial charge in [0.1, 0.15) is 5.82 Å². The van der Waals surface area contributed by atoms with Crippen LogP contribution in [0.25, 0.3) is 10.9 Å². The van der Waals surface area contributed by atoms with E-state index in [1.165, 1.54) is 18.2 Å². The molecule has 0 radical (unpaired) electrons. The monoisotopic (exact) mass is 339 g/mol. The number of aromatic amines is 1. The molecule has 5 heteroatoms. The summed E-state index contributed by atoms with van der Waals surface area (Å²) in [4.78, 5) is 27.9. The van der Waals surface area contributed by atoms with Crippen molar-refractivity contribution >= 4 is 22.7 Å². The normalized spacial score (nSPS) is 12.1. The number of nitrogens with one attached hydrogen (secondary N) is 1. The van der Waals surface area contributed by atoms with Crippen molar-refractivity contribution in [1.82, 2.24) is 4.98 Å². The predicted octanol–water partition coefficient (Wildman–Crippen LogP) is 3.97. The highest BCUT2D eigenvalue weighted by Crippen LogP contribution is 2.24. The number of esters is 1. The Bertz CT molecular complexity index is 945. The molecule has 3 rings (SSSR count). The zero-order valence-corrected chi connectivity index (χ0v) is 14.0. The second kappa shape index (κ2) is 6.89. The second-order valence-electron chi connectivity index (χ2n) is 5.97. The number of halogens is 1. The molecule has 0 spiro atoms. The lowest BCUT2D eigenvalue weighted by Gasteiger charge is -2.12. The third kappa shape index (κ3) is 3.60. The highest BCUT2D eigenvalue weighted by atomic mass is 19.1. The first-order valence-corrected chi connectivity index (χ1v) is 8.01. The highest BCUT2D eigenvalue weighted by Gasteiger charge is 2.24. The third-order valence-corrected chi connectivity index (χ3v) is 4.05. The first-order valence-electron chi connectivity index (χ1n) is 8.01. The van der Waals surface area contributed by atoms with Gasteiger partial charge in [-0.05, 0) is 37.6 Å². The van der Waals surface area contributed by atoms with Crippen LogP contribution in [0.2, 0.25) is 0 Å². The van der Waals surface area contributed by atoms with E-state index in [1.54, 1.807) is 13.0 Å². The number of benzene rings is 2. The van der Waals surface area contributed by atoms with Gasteiger partial charge in [-0.25, -0.2) is 4.39 Å². The average molecular weight is 339 g/mol. The van der Waals surface area contributed by atoms with Gasteiger partial charge < -0.3 is 9.72 Å². The van der Waals surface area contributed by atoms with Gasteiger partial charge in [0.25, 0.3) is 0 Å². The summed E-state index contributed by atoms with van der Waals surface area (Å²) in [5.74, 6) is -1.24. The number of ketones is 1. The lowest BCUT2D eigenvalue weighted by molar-refractivity contribution is -0.145. The summed E-state index contributed by atoms with van der Waals surface area (Å²) < 4.78 is 18.4. The van der Waals surface area contributed by atoms with Crippen LogP contribution in [0.4, 0.5) is 4.39 Å². The topological polar surface area (TPSA) is 59.2 Å². The number of carbonyl (C=O) groups is 2. The van der Waals surface area contributed by atoms with Crippen LogP contribution in [0.15, 0.2) is 48.5 Å². The van der Waals surface area contributed by atoms with Crippen molar-refractivity contribution < 1.29 is 18.7 Å². The first kappa shape index (κ1) is 16.9. The number of ether oxygens (including phenoxy) is 1. The number of hydrogen-bond acceptors (Lipinski definition) is 3. The summed E-state index contributed by atoms with van der Waals surface area (Å²) in [7, 11) is 0. The van der Waals surface area contributed by atoms with Gasteiger partial charge in [-0.1, -0.05) is 30.3 Å². The van der Waals surface area contributed by atoms with Crippen molar-refractivity contribution in [2.24, 2.45) is 0 Å². The molecule has 0 bridgehead atoms. The second-order valence-corrected chi connectivity index (χ2v) is 5.97. The van der Waals surface area contributed by atoms with Crippen LogP contribution >= 0.6 is 0 Å². The summed E-state index contributed by atoms with van der Waals surface area (Å²) in [5.41, 5.74) is 2.63. The van der Waals surface area contributed by atoms with E-state index in [1.807, 2.05) is 31.2 Å². The largest absolute Gasteiger partial charge is 0.454 e. The molecule has 0 fully saturated rings. The minimum atomic E-state index is -0.918. The van der Waals surface area contributed by atoms with Gasteiger partial charge in [-0.3, -0.25) is 9.59 Å². The van der Waals surface area contributed by atoms with Crippen LogP contribution in [-0.4, -0.2) is 22.8 Å². The summed E-state index contributed by atoms with van der Waals surface area (Å²) in [5, 5.41) is 0.804. The molecule has 1 heterocycles. The van der Waals surface area contributed by atoms with Crippen molar-refractivity contribution in [2.75, 3.05) is 0 Å². The maximum Gasteiger partial charge on any atom is 0.310 e. The maximum absolute atomic E-state index is 13.2. The summed E-state index contributed by atoms with van der Waals surface area (Å²) in [6, 6.07) is 13.2. The molecule has 0 saturated carbocycles. The molecule has 25 heavy (non-hydrogen) atoms. The SMILES string of the molecule is Cc1[nH]c2ccccc2c1C(=O)[C@@H](C)OC(=O)Cc1cccc(F)c1. The fraction of sp³-hybridized carbons (Fsp3) is 0.200. The van der Waals surface area contributed by atoms with Gasteiger partial charge in [0.2, 0.25) is 5.78 Å². The fourth-order valence-electron chi connectivity index (χ4n) is 2.90. The van der Waals surface area contributed by atoms with E-state index in [0.717, 1.165) is 16.6 Å². The van der Waals surface area contributed by atoms with Gasteiger partial charge in [0, 0.05) is 22.2 Å². The van der Waals surface area contributed by atoms with Gasteiger partial charge in [-0.2, -0.15) is 0 Å². The predicted molar refractivity (Wildman–Crippen MR) is 93.0 cm³/mol. The van der Waals surface area contributed by atoms with Gasteiger partial charge in [-0.15, -0.1) is 0 Å². The molecule has 2 aromatic carbocycles. The fourth-order valence-corrected chi connectivity index (χ4v) is 2.90. The Labute approximate surface area is 144 Å². The summed E-state index contributed by atoms with van der Waals surface area (Å²) >= 11 is 0. The molecular formula is C20H18FNO3. The summed E-state index contributed by atoms with van der Waals surface area (Å²) in [6.07, 6.45) is -0.999. The van der Waals surface area contributed by atoms with E-state index >= 15 is 0 Å². The minimum absolute atomic E-state index is 0.0811. The molecule has 128 valence electrons. The molecule has 0 aliphatic rings. The van der Waals surface area contributed by atoms with Crippen molar-refractivity contribution in [3.8, 4) is 0 Å². The summed E-state index contributed by atoms with van der Waals surface area (Å²) in [6.45, 7) is 3.36. The van der Waals surface area contributed by atoms with E-state index in [-0.39, 0.29) is 12.2 Å². The molecule has 0 aliphatic heterocycles. The van der Waals surface area contributed by atoms with Gasteiger partial charge >= 0.3 is 5.97 Å². The Hall–Kier alpha value is -2.95. The molecule has 1 atom stereocenters.